The molecule has 0 unspecified atom stereocenters. The van der Waals surface area contributed by atoms with E-state index >= 15 is 0 Å². The molecule has 5 rings (SSSR count). The molecule has 1 saturated heterocycles. The molecular weight excluding hydrogens is 346 g/mol. The molecule has 0 radical (unpaired) electrons. The Morgan fingerprint density at radius 2 is 2.00 bits per heavy atom. The Bertz CT molecular complexity index is 895. The van der Waals surface area contributed by atoms with E-state index in [1.165, 1.54) is 66.7 Å². The van der Waals surface area contributed by atoms with Gasteiger partial charge < -0.3 is 15.0 Å². The van der Waals surface area contributed by atoms with Gasteiger partial charge in [-0.1, -0.05) is 0 Å². The van der Waals surface area contributed by atoms with Gasteiger partial charge in [0.05, 0.1) is 12.1 Å². The number of rotatable bonds is 6. The van der Waals surface area contributed by atoms with Crippen molar-refractivity contribution in [2.45, 2.75) is 70.8 Å². The molecule has 1 aromatic heterocycles. The quantitative estimate of drug-likeness (QED) is 0.714. The predicted molar refractivity (Wildman–Crippen MR) is 116 cm³/mol. The van der Waals surface area contributed by atoms with E-state index in [1.807, 2.05) is 0 Å². The molecule has 0 bridgehead atoms. The Hall–Kier alpha value is -1.81. The molecule has 4 heteroatoms. The summed E-state index contributed by atoms with van der Waals surface area (Å²) < 4.78 is 6.19. The molecular formula is C24H33N3O. The van der Waals surface area contributed by atoms with Crippen molar-refractivity contribution in [2.75, 3.05) is 31.6 Å². The Morgan fingerprint density at radius 3 is 2.75 bits per heavy atom. The molecule has 150 valence electrons. The summed E-state index contributed by atoms with van der Waals surface area (Å²) in [7, 11) is 0. The second kappa shape index (κ2) is 6.91. The monoisotopic (exact) mass is 379 g/mol. The molecule has 1 aliphatic carbocycles. The molecule has 2 fully saturated rings. The highest BCUT2D eigenvalue weighted by atomic mass is 16.5. The molecule has 28 heavy (non-hydrogen) atoms. The lowest BCUT2D eigenvalue weighted by Crippen LogP contribution is -2.27. The summed E-state index contributed by atoms with van der Waals surface area (Å²) >= 11 is 0. The lowest BCUT2D eigenvalue weighted by Gasteiger charge is -2.19. The molecule has 1 aromatic carbocycles. The number of pyridine rings is 1. The van der Waals surface area contributed by atoms with Crippen molar-refractivity contribution in [3.05, 3.63) is 29.0 Å². The van der Waals surface area contributed by atoms with Gasteiger partial charge in [0, 0.05) is 46.4 Å². The van der Waals surface area contributed by atoms with Crippen LogP contribution in [-0.4, -0.2) is 41.7 Å². The molecule has 3 aliphatic rings. The summed E-state index contributed by atoms with van der Waals surface area (Å²) in [5.74, 6) is 1.67. The smallest absolute Gasteiger partial charge is 0.124 e. The fourth-order valence-corrected chi connectivity index (χ4v) is 4.93. The summed E-state index contributed by atoms with van der Waals surface area (Å²) in [6.07, 6.45) is 7.46. The molecule has 0 spiro atoms. The van der Waals surface area contributed by atoms with E-state index in [2.05, 4.69) is 43.1 Å². The van der Waals surface area contributed by atoms with Gasteiger partial charge in [0.15, 0.2) is 0 Å². The zero-order valence-corrected chi connectivity index (χ0v) is 17.6. The van der Waals surface area contributed by atoms with Gasteiger partial charge in [-0.15, -0.1) is 0 Å². The highest BCUT2D eigenvalue weighted by molar-refractivity contribution is 5.96. The maximum Gasteiger partial charge on any atom is 0.124 e. The van der Waals surface area contributed by atoms with E-state index < -0.39 is 0 Å². The largest absolute Gasteiger partial charge is 0.493 e. The molecule has 3 heterocycles. The number of hydrogen-bond acceptors (Lipinski definition) is 4. The predicted octanol–water partition coefficient (Wildman–Crippen LogP) is 5.03. The van der Waals surface area contributed by atoms with E-state index in [9.17, 15) is 0 Å². The number of hydrogen-bond donors (Lipinski definition) is 1. The van der Waals surface area contributed by atoms with E-state index in [4.69, 9.17) is 9.72 Å². The number of ether oxygens (including phenoxy) is 1. The third-order valence-corrected chi connectivity index (χ3v) is 6.54. The first kappa shape index (κ1) is 18.2. The van der Waals surface area contributed by atoms with Crippen LogP contribution in [0.2, 0.25) is 0 Å². The van der Waals surface area contributed by atoms with Gasteiger partial charge in [-0.3, -0.25) is 4.98 Å². The van der Waals surface area contributed by atoms with Gasteiger partial charge in [-0.2, -0.15) is 0 Å². The van der Waals surface area contributed by atoms with E-state index in [0.717, 1.165) is 37.3 Å². The fourth-order valence-electron chi connectivity index (χ4n) is 4.93. The van der Waals surface area contributed by atoms with Crippen LogP contribution < -0.4 is 10.1 Å². The van der Waals surface area contributed by atoms with Crippen molar-refractivity contribution in [1.29, 1.82) is 0 Å². The molecule has 2 aliphatic heterocycles. The normalized spacial score (nSPS) is 21.1. The summed E-state index contributed by atoms with van der Waals surface area (Å²) in [6.45, 7) is 11.2. The van der Waals surface area contributed by atoms with Gasteiger partial charge in [0.2, 0.25) is 0 Å². The summed E-state index contributed by atoms with van der Waals surface area (Å²) in [5.41, 5.74) is 6.53. The Kier molecular flexibility index (Phi) is 4.50. The van der Waals surface area contributed by atoms with Crippen LogP contribution in [0.1, 0.15) is 68.7 Å². The van der Waals surface area contributed by atoms with Gasteiger partial charge in [-0.25, -0.2) is 0 Å². The lowest BCUT2D eigenvalue weighted by atomic mass is 9.96. The number of anilines is 1. The van der Waals surface area contributed by atoms with Crippen molar-refractivity contribution in [2.24, 2.45) is 0 Å². The lowest BCUT2D eigenvalue weighted by molar-refractivity contribution is 0.262. The molecule has 0 amide bonds. The van der Waals surface area contributed by atoms with Gasteiger partial charge in [0.1, 0.15) is 5.75 Å². The number of benzene rings is 1. The number of aryl methyl sites for hydroxylation is 1. The molecule has 4 nitrogen and oxygen atoms in total. The SMILES string of the molecule is Cc1cc2c3c(c(C4CC4)nc2cc1OCCCN1CCCC1)CC(C)(C)N3. The number of nitrogens with one attached hydrogen (secondary N) is 1. The van der Waals surface area contributed by atoms with Crippen LogP contribution in [0.3, 0.4) is 0 Å². The average Bonchev–Trinajstić information content (AvgIpc) is 3.25. The highest BCUT2D eigenvalue weighted by Crippen LogP contribution is 2.48. The fraction of sp³-hybridized carbons (Fsp3) is 0.625. The van der Waals surface area contributed by atoms with Crippen molar-refractivity contribution in [3.8, 4) is 5.75 Å². The first-order chi connectivity index (χ1) is 13.5. The van der Waals surface area contributed by atoms with Crippen LogP contribution in [0.25, 0.3) is 10.9 Å². The number of fused-ring (bicyclic) bond motifs is 3. The molecule has 1 saturated carbocycles. The van der Waals surface area contributed by atoms with Crippen molar-refractivity contribution < 1.29 is 4.74 Å². The van der Waals surface area contributed by atoms with Crippen LogP contribution in [0.4, 0.5) is 5.69 Å². The van der Waals surface area contributed by atoms with Crippen LogP contribution >= 0.6 is 0 Å². The second-order valence-electron chi connectivity index (χ2n) is 9.70. The minimum atomic E-state index is 0.112. The van der Waals surface area contributed by atoms with Crippen molar-refractivity contribution in [1.82, 2.24) is 9.88 Å². The maximum absolute atomic E-state index is 6.19. The van der Waals surface area contributed by atoms with Crippen LogP contribution in [0, 0.1) is 6.92 Å². The Morgan fingerprint density at radius 1 is 1.21 bits per heavy atom. The van der Waals surface area contributed by atoms with Crippen LogP contribution in [0.15, 0.2) is 12.1 Å². The standard InChI is InChI=1S/C24H33N3O/c1-16-13-18-20(14-21(16)28-12-6-11-27-9-4-5-10-27)25-22(17-7-8-17)19-15-24(2,3)26-23(18)19/h13-14,17,26H,4-12,15H2,1-3H3. The van der Waals surface area contributed by atoms with Crippen LogP contribution in [0.5, 0.6) is 5.75 Å². The zero-order valence-electron chi connectivity index (χ0n) is 17.6. The van der Waals surface area contributed by atoms with E-state index in [-0.39, 0.29) is 5.54 Å². The van der Waals surface area contributed by atoms with Crippen molar-refractivity contribution >= 4 is 16.6 Å². The number of nitrogens with zero attached hydrogens (tertiary/aromatic N) is 2. The molecule has 0 atom stereocenters. The second-order valence-corrected chi connectivity index (χ2v) is 9.70. The zero-order chi connectivity index (χ0) is 19.3. The van der Waals surface area contributed by atoms with Gasteiger partial charge in [-0.05, 0) is 84.0 Å². The topological polar surface area (TPSA) is 37.4 Å². The van der Waals surface area contributed by atoms with Gasteiger partial charge in [0.25, 0.3) is 0 Å². The third-order valence-electron chi connectivity index (χ3n) is 6.54. The van der Waals surface area contributed by atoms with Gasteiger partial charge >= 0.3 is 0 Å². The number of aromatic nitrogens is 1. The van der Waals surface area contributed by atoms with E-state index in [1.54, 1.807) is 0 Å². The minimum absolute atomic E-state index is 0.112. The highest BCUT2D eigenvalue weighted by Gasteiger charge is 2.36. The molecule has 1 N–H and O–H groups in total. The Labute approximate surface area is 168 Å². The molecule has 2 aromatic rings. The van der Waals surface area contributed by atoms with Crippen molar-refractivity contribution in [3.63, 3.8) is 0 Å². The van der Waals surface area contributed by atoms with E-state index in [0.29, 0.717) is 5.92 Å². The average molecular weight is 380 g/mol. The first-order valence-electron chi connectivity index (χ1n) is 11.1. The van der Waals surface area contributed by atoms with Crippen LogP contribution in [-0.2, 0) is 6.42 Å². The summed E-state index contributed by atoms with van der Waals surface area (Å²) in [5, 5.41) is 5.04. The maximum atomic E-state index is 6.19. The summed E-state index contributed by atoms with van der Waals surface area (Å²) in [6, 6.07) is 4.46. The Balaban J connectivity index is 1.40. The minimum Gasteiger partial charge on any atom is -0.493 e. The number of likely N-dealkylation sites (tertiary alicyclic amines) is 1. The first-order valence-corrected chi connectivity index (χ1v) is 11.1. The summed E-state index contributed by atoms with van der Waals surface area (Å²) in [4.78, 5) is 7.69. The third kappa shape index (κ3) is 3.47.